The van der Waals surface area contributed by atoms with E-state index in [1.807, 2.05) is 36.1 Å². The second kappa shape index (κ2) is 9.54. The summed E-state index contributed by atoms with van der Waals surface area (Å²) in [5, 5.41) is 3.27. The van der Waals surface area contributed by atoms with Crippen molar-refractivity contribution in [2.24, 2.45) is 0 Å². The summed E-state index contributed by atoms with van der Waals surface area (Å²) in [7, 11) is 0. The van der Waals surface area contributed by atoms with Crippen molar-refractivity contribution in [2.75, 3.05) is 32.8 Å². The van der Waals surface area contributed by atoms with Crippen LogP contribution in [-0.2, 0) is 4.79 Å². The number of amides is 1. The normalized spacial score (nSPS) is 17.5. The van der Waals surface area contributed by atoms with Gasteiger partial charge in [0.15, 0.2) is 6.61 Å². The van der Waals surface area contributed by atoms with Crippen LogP contribution in [0.2, 0.25) is 0 Å². The molecule has 1 N–H and O–H groups in total. The van der Waals surface area contributed by atoms with Crippen molar-refractivity contribution >= 4 is 18.3 Å². The highest BCUT2D eigenvalue weighted by molar-refractivity contribution is 5.85. The highest BCUT2D eigenvalue weighted by Crippen LogP contribution is 2.18. The molecule has 1 aromatic carbocycles. The Morgan fingerprint density at radius 1 is 1.27 bits per heavy atom. The number of hydrogen-bond donors (Lipinski definition) is 1. The maximum Gasteiger partial charge on any atom is 0.260 e. The Bertz CT molecular complexity index is 453. The van der Waals surface area contributed by atoms with Gasteiger partial charge in [-0.25, -0.2) is 0 Å². The van der Waals surface area contributed by atoms with Crippen LogP contribution in [0.3, 0.4) is 0 Å². The largest absolute Gasteiger partial charge is 0.494 e. The number of ether oxygens (including phenoxy) is 2. The van der Waals surface area contributed by atoms with E-state index in [0.29, 0.717) is 12.4 Å². The van der Waals surface area contributed by atoms with E-state index >= 15 is 0 Å². The fourth-order valence-corrected chi connectivity index (χ4v) is 2.29. The molecule has 1 saturated heterocycles. The lowest BCUT2D eigenvalue weighted by molar-refractivity contribution is -0.136. The van der Waals surface area contributed by atoms with Crippen LogP contribution in [-0.4, -0.2) is 49.7 Å². The van der Waals surface area contributed by atoms with Crippen molar-refractivity contribution in [3.63, 3.8) is 0 Å². The van der Waals surface area contributed by atoms with Gasteiger partial charge < -0.3 is 19.7 Å². The first-order chi connectivity index (χ1) is 10.2. The number of benzene rings is 1. The zero-order valence-corrected chi connectivity index (χ0v) is 14.0. The van der Waals surface area contributed by atoms with Crippen LogP contribution >= 0.6 is 12.4 Å². The van der Waals surface area contributed by atoms with Gasteiger partial charge in [-0.1, -0.05) is 6.92 Å². The number of rotatable bonds is 6. The van der Waals surface area contributed by atoms with E-state index in [9.17, 15) is 4.79 Å². The molecule has 1 aromatic rings. The van der Waals surface area contributed by atoms with Crippen molar-refractivity contribution in [2.45, 2.75) is 26.3 Å². The molecular weight excluding hydrogens is 304 g/mol. The first kappa shape index (κ1) is 18.6. The van der Waals surface area contributed by atoms with E-state index < -0.39 is 0 Å². The summed E-state index contributed by atoms with van der Waals surface area (Å²) in [6.45, 7) is 7.34. The van der Waals surface area contributed by atoms with Crippen LogP contribution < -0.4 is 14.8 Å². The molecule has 1 atom stereocenters. The van der Waals surface area contributed by atoms with Gasteiger partial charge in [-0.2, -0.15) is 0 Å². The highest BCUT2D eigenvalue weighted by Gasteiger charge is 2.22. The van der Waals surface area contributed by atoms with Crippen LogP contribution in [0.25, 0.3) is 0 Å². The quantitative estimate of drug-likeness (QED) is 0.869. The highest BCUT2D eigenvalue weighted by atomic mass is 35.5. The molecule has 0 aliphatic carbocycles. The Morgan fingerprint density at radius 2 is 1.91 bits per heavy atom. The van der Waals surface area contributed by atoms with Crippen molar-refractivity contribution in [3.8, 4) is 11.5 Å². The van der Waals surface area contributed by atoms with Crippen LogP contribution in [0.4, 0.5) is 0 Å². The maximum absolute atomic E-state index is 12.1. The molecule has 1 aliphatic heterocycles. The third-order valence-corrected chi connectivity index (χ3v) is 3.48. The third kappa shape index (κ3) is 5.39. The minimum atomic E-state index is 0. The van der Waals surface area contributed by atoms with Gasteiger partial charge in [0, 0.05) is 25.7 Å². The Balaban J connectivity index is 0.00000242. The van der Waals surface area contributed by atoms with E-state index in [0.717, 1.165) is 31.8 Å². The van der Waals surface area contributed by atoms with Crippen molar-refractivity contribution in [1.82, 2.24) is 10.2 Å². The first-order valence-electron chi connectivity index (χ1n) is 7.56. The standard InChI is InChI=1S/C16H24N2O3.ClH/c1-3-10-20-14-4-6-15(7-5-14)21-12-16(19)18-9-8-17-11-13(18)2;/h4-7,13,17H,3,8-12H2,1-2H3;1H. The van der Waals surface area contributed by atoms with Gasteiger partial charge in [0.05, 0.1) is 6.61 Å². The van der Waals surface area contributed by atoms with Crippen LogP contribution in [0.1, 0.15) is 20.3 Å². The number of nitrogens with one attached hydrogen (secondary N) is 1. The molecular formula is C16H25ClN2O3. The summed E-state index contributed by atoms with van der Waals surface area (Å²) in [4.78, 5) is 14.0. The number of hydrogen-bond acceptors (Lipinski definition) is 4. The van der Waals surface area contributed by atoms with E-state index in [2.05, 4.69) is 12.2 Å². The lowest BCUT2D eigenvalue weighted by Gasteiger charge is -2.33. The van der Waals surface area contributed by atoms with Gasteiger partial charge in [0.25, 0.3) is 5.91 Å². The smallest absolute Gasteiger partial charge is 0.260 e. The van der Waals surface area contributed by atoms with Gasteiger partial charge in [-0.3, -0.25) is 4.79 Å². The third-order valence-electron chi connectivity index (χ3n) is 3.48. The van der Waals surface area contributed by atoms with Crippen LogP contribution in [0.5, 0.6) is 11.5 Å². The lowest BCUT2D eigenvalue weighted by Crippen LogP contribution is -2.53. The molecule has 0 radical (unpaired) electrons. The van der Waals surface area contributed by atoms with E-state index in [1.54, 1.807) is 0 Å². The molecule has 0 saturated carbocycles. The van der Waals surface area contributed by atoms with Gasteiger partial charge in [0.1, 0.15) is 11.5 Å². The summed E-state index contributed by atoms with van der Waals surface area (Å²) in [5.41, 5.74) is 0. The molecule has 0 aromatic heterocycles. The number of halogens is 1. The first-order valence-corrected chi connectivity index (χ1v) is 7.56. The predicted molar refractivity (Wildman–Crippen MR) is 89.0 cm³/mol. The topological polar surface area (TPSA) is 50.8 Å². The van der Waals surface area contributed by atoms with E-state index in [4.69, 9.17) is 9.47 Å². The molecule has 1 heterocycles. The predicted octanol–water partition coefficient (Wildman–Crippen LogP) is 2.10. The molecule has 1 unspecified atom stereocenters. The SMILES string of the molecule is CCCOc1ccc(OCC(=O)N2CCNCC2C)cc1.Cl. The number of carbonyl (C=O) groups excluding carboxylic acids is 1. The Morgan fingerprint density at radius 3 is 2.50 bits per heavy atom. The van der Waals surface area contributed by atoms with Crippen LogP contribution in [0, 0.1) is 0 Å². The average Bonchev–Trinajstić information content (AvgIpc) is 2.52. The molecule has 2 rings (SSSR count). The second-order valence-corrected chi connectivity index (χ2v) is 5.25. The van der Waals surface area contributed by atoms with Crippen molar-refractivity contribution in [3.05, 3.63) is 24.3 Å². The molecule has 1 amide bonds. The molecule has 1 aliphatic rings. The summed E-state index contributed by atoms with van der Waals surface area (Å²) in [5.74, 6) is 1.55. The fourth-order valence-electron chi connectivity index (χ4n) is 2.29. The molecule has 22 heavy (non-hydrogen) atoms. The summed E-state index contributed by atoms with van der Waals surface area (Å²) < 4.78 is 11.1. The average molecular weight is 329 g/mol. The number of piperazine rings is 1. The van der Waals surface area contributed by atoms with E-state index in [1.165, 1.54) is 0 Å². The molecule has 6 heteroatoms. The molecule has 5 nitrogen and oxygen atoms in total. The van der Waals surface area contributed by atoms with Gasteiger partial charge in [-0.15, -0.1) is 12.4 Å². The molecule has 1 fully saturated rings. The minimum absolute atomic E-state index is 0. The summed E-state index contributed by atoms with van der Waals surface area (Å²) >= 11 is 0. The zero-order chi connectivity index (χ0) is 15.1. The van der Waals surface area contributed by atoms with E-state index in [-0.39, 0.29) is 31.0 Å². The Labute approximate surface area is 138 Å². The number of nitrogens with zero attached hydrogens (tertiary/aromatic N) is 1. The Hall–Kier alpha value is -1.46. The van der Waals surface area contributed by atoms with Gasteiger partial charge in [-0.05, 0) is 37.6 Å². The minimum Gasteiger partial charge on any atom is -0.494 e. The monoisotopic (exact) mass is 328 g/mol. The van der Waals surface area contributed by atoms with Gasteiger partial charge in [0.2, 0.25) is 0 Å². The van der Waals surface area contributed by atoms with Crippen molar-refractivity contribution in [1.29, 1.82) is 0 Å². The number of carbonyl (C=O) groups is 1. The maximum atomic E-state index is 12.1. The second-order valence-electron chi connectivity index (χ2n) is 5.25. The van der Waals surface area contributed by atoms with Crippen molar-refractivity contribution < 1.29 is 14.3 Å². The fraction of sp³-hybridized carbons (Fsp3) is 0.562. The summed E-state index contributed by atoms with van der Waals surface area (Å²) in [6, 6.07) is 7.62. The summed E-state index contributed by atoms with van der Waals surface area (Å²) in [6.07, 6.45) is 0.982. The molecule has 0 spiro atoms. The Kier molecular flexibility index (Phi) is 8.06. The molecule has 124 valence electrons. The van der Waals surface area contributed by atoms with Gasteiger partial charge >= 0.3 is 0 Å². The zero-order valence-electron chi connectivity index (χ0n) is 13.2. The van der Waals surface area contributed by atoms with Crippen LogP contribution in [0.15, 0.2) is 24.3 Å². The lowest BCUT2D eigenvalue weighted by atomic mass is 10.2. The molecule has 0 bridgehead atoms.